The summed E-state index contributed by atoms with van der Waals surface area (Å²) in [5, 5.41) is 11.2. The van der Waals surface area contributed by atoms with Crippen molar-refractivity contribution in [2.75, 3.05) is 0 Å². The molecule has 0 aromatic heterocycles. The second-order valence-corrected chi connectivity index (χ2v) is 3.84. The van der Waals surface area contributed by atoms with Crippen LogP contribution in [0, 0.1) is 5.92 Å². The Kier molecular flexibility index (Phi) is 7.89. The van der Waals surface area contributed by atoms with Gasteiger partial charge in [0.25, 0.3) is 0 Å². The van der Waals surface area contributed by atoms with Crippen LogP contribution in [0.5, 0.6) is 0 Å². The summed E-state index contributed by atoms with van der Waals surface area (Å²) in [5.74, 6) is -0.556. The van der Waals surface area contributed by atoms with E-state index in [0.717, 1.165) is 0 Å². The Balaban J connectivity index is 0.000000288. The molecule has 0 amide bonds. The van der Waals surface area contributed by atoms with Crippen LogP contribution in [-0.4, -0.2) is 17.1 Å². The fourth-order valence-corrected chi connectivity index (χ4v) is 1.01. The molecule has 0 aromatic rings. The number of allylic oxidation sites excluding steroid dienone is 4. The lowest BCUT2D eigenvalue weighted by atomic mass is 10.1. The highest BCUT2D eigenvalue weighted by atomic mass is 16.4. The summed E-state index contributed by atoms with van der Waals surface area (Å²) in [6.45, 7) is 3.89. The normalized spacial score (nSPS) is 14.8. The lowest BCUT2D eigenvalue weighted by Gasteiger charge is -2.07. The summed E-state index contributed by atoms with van der Waals surface area (Å²) in [7, 11) is 0. The Hall–Kier alpha value is -1.55. The van der Waals surface area contributed by atoms with E-state index in [4.69, 9.17) is 10.8 Å². The topological polar surface area (TPSA) is 75.3 Å². The van der Waals surface area contributed by atoms with E-state index in [-0.39, 0.29) is 0 Å². The Labute approximate surface area is 96.5 Å². The summed E-state index contributed by atoms with van der Waals surface area (Å²) in [4.78, 5) is 10.1. The van der Waals surface area contributed by atoms with Crippen LogP contribution in [0.2, 0.25) is 0 Å². The number of carbonyl (C=O) groups is 1. The molecule has 0 saturated heterocycles. The fourth-order valence-electron chi connectivity index (χ4n) is 1.01. The van der Waals surface area contributed by atoms with Gasteiger partial charge in [-0.3, -0.25) is 4.79 Å². The number of hydrogen-bond acceptors (Lipinski definition) is 3. The van der Waals surface area contributed by atoms with Gasteiger partial charge in [-0.1, -0.05) is 26.0 Å². The molecule has 1 aliphatic heterocycles. The van der Waals surface area contributed by atoms with Crippen molar-refractivity contribution in [3.8, 4) is 0 Å². The minimum atomic E-state index is -0.913. The number of hydrogen-bond donors (Lipinski definition) is 3. The van der Waals surface area contributed by atoms with Gasteiger partial charge in [-0.15, -0.1) is 0 Å². The zero-order valence-corrected chi connectivity index (χ0v) is 9.76. The Morgan fingerprint density at radius 2 is 1.75 bits per heavy atom. The van der Waals surface area contributed by atoms with E-state index in [1.807, 2.05) is 50.6 Å². The minimum Gasteiger partial charge on any atom is -0.480 e. The Morgan fingerprint density at radius 1 is 1.25 bits per heavy atom. The Bertz CT molecular complexity index is 267. The van der Waals surface area contributed by atoms with Crippen molar-refractivity contribution < 1.29 is 9.90 Å². The Morgan fingerprint density at radius 3 is 2.06 bits per heavy atom. The smallest absolute Gasteiger partial charge is 0.320 e. The molecule has 1 rings (SSSR count). The number of rotatable bonds is 3. The second-order valence-electron chi connectivity index (χ2n) is 3.84. The van der Waals surface area contributed by atoms with Gasteiger partial charge in [0.1, 0.15) is 6.04 Å². The summed E-state index contributed by atoms with van der Waals surface area (Å²) in [6, 6.07) is -0.690. The maximum Gasteiger partial charge on any atom is 0.320 e. The molecule has 0 fully saturated rings. The first-order valence-corrected chi connectivity index (χ1v) is 5.26. The van der Waals surface area contributed by atoms with Crippen LogP contribution in [0.1, 0.15) is 20.3 Å². The van der Waals surface area contributed by atoms with Crippen LogP contribution in [0.4, 0.5) is 0 Å². The molecule has 1 unspecified atom stereocenters. The molecule has 1 atom stereocenters. The summed E-state index contributed by atoms with van der Waals surface area (Å²) in [5.41, 5.74) is 5.22. The molecule has 90 valence electrons. The molecular weight excluding hydrogens is 204 g/mol. The summed E-state index contributed by atoms with van der Waals surface area (Å²) < 4.78 is 0. The molecule has 0 bridgehead atoms. The van der Waals surface area contributed by atoms with Crippen LogP contribution in [-0.2, 0) is 4.79 Å². The molecule has 0 aromatic carbocycles. The quantitative estimate of drug-likeness (QED) is 0.681. The zero-order chi connectivity index (χ0) is 12.4. The molecule has 4 N–H and O–H groups in total. The molecule has 1 aliphatic rings. The van der Waals surface area contributed by atoms with E-state index in [1.54, 1.807) is 0 Å². The SMILES string of the molecule is C1=CC=CNC=C1.CC(C)CC(N)C(=O)O. The lowest BCUT2D eigenvalue weighted by Crippen LogP contribution is -2.31. The lowest BCUT2D eigenvalue weighted by molar-refractivity contribution is -0.138. The number of nitrogens with one attached hydrogen (secondary N) is 1. The largest absolute Gasteiger partial charge is 0.480 e. The fraction of sp³-hybridized carbons (Fsp3) is 0.417. The third kappa shape index (κ3) is 9.02. The summed E-state index contributed by atoms with van der Waals surface area (Å²) >= 11 is 0. The van der Waals surface area contributed by atoms with Crippen molar-refractivity contribution in [2.24, 2.45) is 11.7 Å². The van der Waals surface area contributed by atoms with Gasteiger partial charge < -0.3 is 16.2 Å². The predicted molar refractivity (Wildman–Crippen MR) is 65.6 cm³/mol. The number of carboxylic acid groups (broad SMARTS) is 1. The first-order valence-electron chi connectivity index (χ1n) is 5.26. The molecule has 0 spiro atoms. The van der Waals surface area contributed by atoms with Crippen molar-refractivity contribution in [3.05, 3.63) is 36.7 Å². The van der Waals surface area contributed by atoms with Crippen molar-refractivity contribution in [3.63, 3.8) is 0 Å². The first-order chi connectivity index (χ1) is 7.54. The summed E-state index contributed by atoms with van der Waals surface area (Å²) in [6.07, 6.45) is 12.1. The molecule has 4 heteroatoms. The monoisotopic (exact) mass is 224 g/mol. The maximum absolute atomic E-state index is 10.1. The highest BCUT2D eigenvalue weighted by Gasteiger charge is 2.11. The van der Waals surface area contributed by atoms with Crippen LogP contribution in [0.25, 0.3) is 0 Å². The molecule has 0 saturated carbocycles. The highest BCUT2D eigenvalue weighted by molar-refractivity contribution is 5.72. The second kappa shape index (κ2) is 8.73. The van der Waals surface area contributed by atoms with Crippen LogP contribution < -0.4 is 11.1 Å². The third-order valence-corrected chi connectivity index (χ3v) is 1.76. The van der Waals surface area contributed by atoms with E-state index < -0.39 is 12.0 Å². The third-order valence-electron chi connectivity index (χ3n) is 1.76. The van der Waals surface area contributed by atoms with E-state index in [2.05, 4.69) is 5.32 Å². The molecule has 1 heterocycles. The van der Waals surface area contributed by atoms with E-state index in [0.29, 0.717) is 12.3 Å². The standard InChI is InChI=1S/C6H13NO2.C6H7N/c1-4(2)3-5(7)6(8)9;1-2-4-6-7-5-3-1/h4-5H,3,7H2,1-2H3,(H,8,9);1-7H. The number of nitrogens with two attached hydrogens (primary N) is 1. The van der Waals surface area contributed by atoms with Gasteiger partial charge in [0.15, 0.2) is 0 Å². The maximum atomic E-state index is 10.1. The van der Waals surface area contributed by atoms with Gasteiger partial charge >= 0.3 is 5.97 Å². The molecule has 0 aliphatic carbocycles. The van der Waals surface area contributed by atoms with Gasteiger partial charge in [0.05, 0.1) is 0 Å². The van der Waals surface area contributed by atoms with Crippen LogP contribution in [0.3, 0.4) is 0 Å². The average Bonchev–Trinajstić information content (AvgIpc) is 2.48. The van der Waals surface area contributed by atoms with Crippen molar-refractivity contribution in [1.29, 1.82) is 0 Å². The van der Waals surface area contributed by atoms with Gasteiger partial charge in [-0.05, 0) is 24.5 Å². The van der Waals surface area contributed by atoms with Gasteiger partial charge in [-0.2, -0.15) is 0 Å². The number of aliphatic carboxylic acids is 1. The van der Waals surface area contributed by atoms with E-state index >= 15 is 0 Å². The van der Waals surface area contributed by atoms with Crippen molar-refractivity contribution in [1.82, 2.24) is 5.32 Å². The zero-order valence-electron chi connectivity index (χ0n) is 9.76. The van der Waals surface area contributed by atoms with Gasteiger partial charge in [-0.25, -0.2) is 0 Å². The molecular formula is C12H20N2O2. The van der Waals surface area contributed by atoms with Gasteiger partial charge in [0, 0.05) is 12.4 Å². The molecule has 4 nitrogen and oxygen atoms in total. The van der Waals surface area contributed by atoms with Gasteiger partial charge in [0.2, 0.25) is 0 Å². The van der Waals surface area contributed by atoms with Crippen LogP contribution in [0.15, 0.2) is 36.7 Å². The highest BCUT2D eigenvalue weighted by Crippen LogP contribution is 2.01. The van der Waals surface area contributed by atoms with E-state index in [9.17, 15) is 4.79 Å². The van der Waals surface area contributed by atoms with Crippen LogP contribution >= 0.6 is 0 Å². The average molecular weight is 224 g/mol. The minimum absolute atomic E-state index is 0.357. The van der Waals surface area contributed by atoms with Crippen molar-refractivity contribution in [2.45, 2.75) is 26.3 Å². The van der Waals surface area contributed by atoms with Crippen molar-refractivity contribution >= 4 is 5.97 Å². The number of carboxylic acids is 1. The molecule has 0 radical (unpaired) electrons. The molecule has 16 heavy (non-hydrogen) atoms. The predicted octanol–water partition coefficient (Wildman–Crippen LogP) is 1.62. The first kappa shape index (κ1) is 14.5. The van der Waals surface area contributed by atoms with E-state index in [1.165, 1.54) is 0 Å².